The highest BCUT2D eigenvalue weighted by Crippen LogP contribution is 2.51. The predicted molar refractivity (Wildman–Crippen MR) is 153 cm³/mol. The van der Waals surface area contributed by atoms with Gasteiger partial charge in [-0.1, -0.05) is 30.3 Å². The van der Waals surface area contributed by atoms with Gasteiger partial charge < -0.3 is 36.7 Å². The van der Waals surface area contributed by atoms with Crippen molar-refractivity contribution < 1.29 is 38.0 Å². The van der Waals surface area contributed by atoms with Gasteiger partial charge in [0.25, 0.3) is 0 Å². The van der Waals surface area contributed by atoms with Crippen molar-refractivity contribution in [3.8, 4) is 5.75 Å². The van der Waals surface area contributed by atoms with Crippen molar-refractivity contribution in [3.63, 3.8) is 0 Å². The summed E-state index contributed by atoms with van der Waals surface area (Å²) in [6.07, 6.45) is 1.11. The number of primary amides is 1. The summed E-state index contributed by atoms with van der Waals surface area (Å²) in [5.41, 5.74) is 8.56. The zero-order valence-electron chi connectivity index (χ0n) is 22.2. The van der Waals surface area contributed by atoms with E-state index in [0.29, 0.717) is 30.6 Å². The number of nitrogens with two attached hydrogens (primary N) is 1. The first kappa shape index (κ1) is 29.7. The average molecular weight is 544 g/mol. The number of amides is 1. The SMILES string of the molecule is CN(C)c1cc(NCCc2ccccc2)c(O)c2c1CC1CC(CCO)C(C(=O)CC(N)=O)C(=O)C1=C2O.O.[HH].[HH]. The fraction of sp³-hybridized carbons (Fsp3) is 0.414. The van der Waals surface area contributed by atoms with Crippen LogP contribution in [-0.4, -0.2) is 65.5 Å². The molecule has 2 aromatic rings. The Morgan fingerprint density at radius 3 is 2.49 bits per heavy atom. The molecule has 39 heavy (non-hydrogen) atoms. The third-order valence-electron chi connectivity index (χ3n) is 7.59. The molecule has 3 atom stereocenters. The summed E-state index contributed by atoms with van der Waals surface area (Å²) in [4.78, 5) is 39.8. The molecule has 0 spiro atoms. The van der Waals surface area contributed by atoms with Gasteiger partial charge in [-0.25, -0.2) is 0 Å². The van der Waals surface area contributed by atoms with Crippen LogP contribution in [0.3, 0.4) is 0 Å². The molecule has 0 aliphatic heterocycles. The number of nitrogens with one attached hydrogen (secondary N) is 1. The van der Waals surface area contributed by atoms with Gasteiger partial charge >= 0.3 is 0 Å². The molecule has 3 unspecified atom stereocenters. The Balaban J connectivity index is 0.00000280. The van der Waals surface area contributed by atoms with Crippen LogP contribution in [-0.2, 0) is 27.2 Å². The molecule has 214 valence electrons. The topological polar surface area (TPSA) is 185 Å². The number of rotatable bonds is 10. The van der Waals surface area contributed by atoms with Gasteiger partial charge in [-0.05, 0) is 54.7 Å². The van der Waals surface area contributed by atoms with E-state index in [2.05, 4.69) is 5.32 Å². The van der Waals surface area contributed by atoms with Crippen LogP contribution in [0.1, 0.15) is 38.8 Å². The number of carbonyl (C=O) groups is 3. The molecule has 2 aliphatic carbocycles. The Hall–Kier alpha value is -3.89. The van der Waals surface area contributed by atoms with Gasteiger partial charge in [-0.15, -0.1) is 0 Å². The van der Waals surface area contributed by atoms with Crippen molar-refractivity contribution in [1.29, 1.82) is 0 Å². The maximum atomic E-state index is 13.7. The van der Waals surface area contributed by atoms with E-state index < -0.39 is 35.7 Å². The van der Waals surface area contributed by atoms with E-state index in [-0.39, 0.29) is 49.9 Å². The van der Waals surface area contributed by atoms with Crippen LogP contribution >= 0.6 is 0 Å². The number of phenolic OH excluding ortho intramolecular Hbond substituents is 1. The molecule has 10 heteroatoms. The van der Waals surface area contributed by atoms with Gasteiger partial charge in [-0.2, -0.15) is 0 Å². The number of allylic oxidation sites excluding steroid dienone is 1. The summed E-state index contributed by atoms with van der Waals surface area (Å²) in [6.45, 7) is 0.322. The summed E-state index contributed by atoms with van der Waals surface area (Å²) in [5, 5.41) is 35.6. The van der Waals surface area contributed by atoms with Crippen molar-refractivity contribution in [1.82, 2.24) is 0 Å². The number of fused-ring (bicyclic) bond motifs is 2. The van der Waals surface area contributed by atoms with E-state index in [0.717, 1.165) is 17.7 Å². The minimum atomic E-state index is -1.17. The molecule has 2 aliphatic rings. The van der Waals surface area contributed by atoms with Crippen molar-refractivity contribution in [2.75, 3.05) is 37.5 Å². The first-order chi connectivity index (χ1) is 18.1. The largest absolute Gasteiger partial charge is 0.507 e. The molecule has 1 saturated carbocycles. The molecule has 8 N–H and O–H groups in total. The molecule has 1 fully saturated rings. The van der Waals surface area contributed by atoms with Crippen molar-refractivity contribution in [2.45, 2.75) is 32.1 Å². The lowest BCUT2D eigenvalue weighted by Gasteiger charge is -2.40. The van der Waals surface area contributed by atoms with Crippen LogP contribution in [0.2, 0.25) is 0 Å². The van der Waals surface area contributed by atoms with Gasteiger partial charge in [0.05, 0.1) is 23.6 Å². The number of carbonyl (C=O) groups excluding carboxylic acids is 3. The number of aromatic hydroxyl groups is 1. The second kappa shape index (κ2) is 12.3. The summed E-state index contributed by atoms with van der Waals surface area (Å²) in [7, 11) is 3.74. The maximum Gasteiger partial charge on any atom is 0.224 e. The number of ketones is 2. The average Bonchev–Trinajstić information content (AvgIpc) is 2.85. The van der Waals surface area contributed by atoms with Crippen LogP contribution in [0.15, 0.2) is 42.0 Å². The number of aliphatic hydroxyl groups is 2. The Morgan fingerprint density at radius 2 is 1.87 bits per heavy atom. The quantitative estimate of drug-likeness (QED) is 0.223. The smallest absolute Gasteiger partial charge is 0.224 e. The first-order valence-electron chi connectivity index (χ1n) is 12.9. The van der Waals surface area contributed by atoms with Gasteiger partial charge in [0.15, 0.2) is 11.6 Å². The highest BCUT2D eigenvalue weighted by atomic mass is 16.3. The Bertz CT molecular complexity index is 1280. The molecule has 0 bridgehead atoms. The third kappa shape index (κ3) is 5.91. The Labute approximate surface area is 230 Å². The minimum absolute atomic E-state index is 0. The second-order valence-corrected chi connectivity index (χ2v) is 10.3. The lowest BCUT2D eigenvalue weighted by Crippen LogP contribution is -2.43. The van der Waals surface area contributed by atoms with Crippen LogP contribution in [0.5, 0.6) is 5.75 Å². The number of hydrogen-bond donors (Lipinski definition) is 5. The number of hydrogen-bond acceptors (Lipinski definition) is 8. The second-order valence-electron chi connectivity index (χ2n) is 10.3. The third-order valence-corrected chi connectivity index (χ3v) is 7.59. The number of nitrogens with zero attached hydrogens (tertiary/aromatic N) is 1. The first-order valence-corrected chi connectivity index (χ1v) is 12.9. The lowest BCUT2D eigenvalue weighted by atomic mass is 9.63. The molecule has 10 nitrogen and oxygen atoms in total. The van der Waals surface area contributed by atoms with Gasteiger partial charge in [-0.3, -0.25) is 14.4 Å². The summed E-state index contributed by atoms with van der Waals surface area (Å²) < 4.78 is 0. The van der Waals surface area contributed by atoms with Gasteiger partial charge in [0, 0.05) is 41.4 Å². The van der Waals surface area contributed by atoms with E-state index in [1.807, 2.05) is 55.4 Å². The number of aliphatic hydroxyl groups excluding tert-OH is 2. The number of phenols is 1. The van der Waals surface area contributed by atoms with E-state index in [1.54, 1.807) is 0 Å². The lowest BCUT2D eigenvalue weighted by molar-refractivity contribution is -0.137. The van der Waals surface area contributed by atoms with Crippen molar-refractivity contribution in [3.05, 3.63) is 58.7 Å². The highest BCUT2D eigenvalue weighted by Gasteiger charge is 2.48. The van der Waals surface area contributed by atoms with Crippen LogP contribution in [0, 0.1) is 17.8 Å². The molecule has 0 heterocycles. The fourth-order valence-corrected chi connectivity index (χ4v) is 5.90. The summed E-state index contributed by atoms with van der Waals surface area (Å²) >= 11 is 0. The van der Waals surface area contributed by atoms with Crippen LogP contribution < -0.4 is 16.0 Å². The molecule has 1 amide bonds. The van der Waals surface area contributed by atoms with E-state index in [9.17, 15) is 29.7 Å². The van der Waals surface area contributed by atoms with E-state index >= 15 is 0 Å². The van der Waals surface area contributed by atoms with Crippen molar-refractivity contribution in [2.24, 2.45) is 23.5 Å². The van der Waals surface area contributed by atoms with Crippen molar-refractivity contribution >= 4 is 34.6 Å². The standard InChI is InChI=1S/C29H35N3O6.H2O.2H2/c1-32(2)21-14-20(31-10-8-16-6-4-3-5-7-16)27(36)26-19(21)13-18-12-17(9-11-33)24(22(34)15-23(30)35)28(37)25(18)29(26)38;;;/h3-7,14,17-18,24,31,33,36,38H,8-13,15H2,1-2H3,(H2,30,35);1H2;2*1H. The summed E-state index contributed by atoms with van der Waals surface area (Å²) in [5.74, 6) is -4.55. The van der Waals surface area contributed by atoms with E-state index in [1.165, 1.54) is 0 Å². The molecule has 0 aromatic heterocycles. The molecule has 0 radical (unpaired) electrons. The molecule has 0 saturated heterocycles. The zero-order chi connectivity index (χ0) is 27.6. The maximum absolute atomic E-state index is 13.7. The molecular formula is C29H41N3O7. The Kier molecular flexibility index (Phi) is 9.36. The van der Waals surface area contributed by atoms with E-state index in [4.69, 9.17) is 5.73 Å². The zero-order valence-corrected chi connectivity index (χ0v) is 22.2. The highest BCUT2D eigenvalue weighted by molar-refractivity contribution is 6.17. The van der Waals surface area contributed by atoms with Crippen LogP contribution in [0.4, 0.5) is 11.4 Å². The number of benzene rings is 2. The number of Topliss-reactive ketones (excluding diaryl/α,β-unsaturated/α-hetero) is 2. The minimum Gasteiger partial charge on any atom is -0.507 e. The normalized spacial score (nSPS) is 20.0. The summed E-state index contributed by atoms with van der Waals surface area (Å²) in [6, 6.07) is 11.8. The van der Waals surface area contributed by atoms with Gasteiger partial charge in [0.2, 0.25) is 5.91 Å². The molecule has 4 rings (SSSR count). The molecular weight excluding hydrogens is 502 g/mol. The Morgan fingerprint density at radius 1 is 1.18 bits per heavy atom. The molecule has 2 aromatic carbocycles. The monoisotopic (exact) mass is 543 g/mol. The van der Waals surface area contributed by atoms with Crippen LogP contribution in [0.25, 0.3) is 5.76 Å². The predicted octanol–water partition coefficient (Wildman–Crippen LogP) is 2.25. The number of anilines is 2. The van der Waals surface area contributed by atoms with Gasteiger partial charge in [0.1, 0.15) is 11.5 Å². The fourth-order valence-electron chi connectivity index (χ4n) is 5.90.